The monoisotopic (exact) mass is 391 g/mol. The third kappa shape index (κ3) is 5.10. The van der Waals surface area contributed by atoms with Crippen molar-refractivity contribution in [2.45, 2.75) is 25.4 Å². The Labute approximate surface area is 168 Å². The Bertz CT molecular complexity index is 708. The summed E-state index contributed by atoms with van der Waals surface area (Å²) in [6.07, 6.45) is 0. The van der Waals surface area contributed by atoms with Gasteiger partial charge in [0, 0.05) is 18.4 Å². The fraction of sp³-hybridized carbons (Fsp3) is 0.409. The minimum atomic E-state index is -1.31. The quantitative estimate of drug-likeness (QED) is 0.714. The van der Waals surface area contributed by atoms with Crippen LogP contribution in [0.5, 0.6) is 0 Å². The van der Waals surface area contributed by atoms with Crippen LogP contribution in [0.25, 0.3) is 0 Å². The van der Waals surface area contributed by atoms with Crippen molar-refractivity contribution in [3.8, 4) is 0 Å². The Kier molecular flexibility index (Phi) is 8.48. The Morgan fingerprint density at radius 3 is 1.93 bits per heavy atom. The molecule has 4 unspecified atom stereocenters. The number of hydrogen-bond donors (Lipinski definition) is 2. The Balaban J connectivity index is 0.00000364. The molecule has 0 bridgehead atoms. The van der Waals surface area contributed by atoms with E-state index >= 15 is 0 Å². The van der Waals surface area contributed by atoms with Crippen LogP contribution in [0.15, 0.2) is 60.7 Å². The van der Waals surface area contributed by atoms with Crippen molar-refractivity contribution in [1.29, 1.82) is 0 Å². The van der Waals surface area contributed by atoms with Crippen LogP contribution in [0.4, 0.5) is 0 Å². The first-order valence-corrected chi connectivity index (χ1v) is 8.98. The second-order valence-corrected chi connectivity index (χ2v) is 7.37. The third-order valence-corrected chi connectivity index (χ3v) is 5.15. The number of benzene rings is 2. The van der Waals surface area contributed by atoms with Gasteiger partial charge in [-0.15, -0.1) is 12.4 Å². The van der Waals surface area contributed by atoms with Crippen molar-refractivity contribution in [2.75, 3.05) is 20.6 Å². The van der Waals surface area contributed by atoms with Gasteiger partial charge in [-0.05, 0) is 25.2 Å². The third-order valence-electron chi connectivity index (χ3n) is 5.15. The Hall–Kier alpha value is -1.88. The number of aliphatic hydroxyl groups is 1. The molecule has 0 saturated carbocycles. The van der Waals surface area contributed by atoms with E-state index in [9.17, 15) is 15.0 Å². The lowest BCUT2D eigenvalue weighted by Gasteiger charge is -2.44. The van der Waals surface area contributed by atoms with Gasteiger partial charge in [0.2, 0.25) is 0 Å². The molecular formula is C22H30ClNO3. The van der Waals surface area contributed by atoms with Crippen molar-refractivity contribution in [3.63, 3.8) is 0 Å². The average molecular weight is 392 g/mol. The number of carboxylic acid groups (broad SMARTS) is 1. The molecule has 0 aliphatic rings. The first kappa shape index (κ1) is 23.2. The minimum absolute atomic E-state index is 0. The van der Waals surface area contributed by atoms with E-state index in [1.54, 1.807) is 6.92 Å². The van der Waals surface area contributed by atoms with E-state index in [4.69, 9.17) is 0 Å². The predicted molar refractivity (Wildman–Crippen MR) is 111 cm³/mol. The lowest BCUT2D eigenvalue weighted by atomic mass is 9.65. The number of carboxylic acids is 1. The molecule has 0 fully saturated rings. The lowest BCUT2D eigenvalue weighted by molar-refractivity contribution is -0.147. The summed E-state index contributed by atoms with van der Waals surface area (Å²) in [5.74, 6) is -2.40. The summed E-state index contributed by atoms with van der Waals surface area (Å²) >= 11 is 0. The van der Waals surface area contributed by atoms with E-state index in [1.165, 1.54) is 0 Å². The summed E-state index contributed by atoms with van der Waals surface area (Å²) in [5, 5.41) is 21.8. The molecule has 0 amide bonds. The SMILES string of the molecule is CC(C(=O)O)C(c1ccccc1)C(O)(c1ccccc1)C(C)CN(C)C.Cl. The highest BCUT2D eigenvalue weighted by Gasteiger charge is 2.48. The first-order chi connectivity index (χ1) is 12.3. The molecule has 0 aliphatic heterocycles. The molecule has 0 aliphatic carbocycles. The number of hydrogen-bond acceptors (Lipinski definition) is 3. The molecule has 2 rings (SSSR count). The van der Waals surface area contributed by atoms with E-state index in [0.29, 0.717) is 6.54 Å². The van der Waals surface area contributed by atoms with Crippen molar-refractivity contribution >= 4 is 18.4 Å². The van der Waals surface area contributed by atoms with Crippen LogP contribution >= 0.6 is 12.4 Å². The van der Waals surface area contributed by atoms with Crippen LogP contribution < -0.4 is 0 Å². The molecule has 0 spiro atoms. The van der Waals surface area contributed by atoms with Crippen molar-refractivity contribution < 1.29 is 15.0 Å². The van der Waals surface area contributed by atoms with Gasteiger partial charge in [-0.25, -0.2) is 0 Å². The maximum absolute atomic E-state index is 12.0. The fourth-order valence-electron chi connectivity index (χ4n) is 3.89. The number of carbonyl (C=O) groups is 1. The predicted octanol–water partition coefficient (Wildman–Crippen LogP) is 4.00. The van der Waals surface area contributed by atoms with Crippen LogP contribution in [0.1, 0.15) is 30.9 Å². The van der Waals surface area contributed by atoms with Gasteiger partial charge < -0.3 is 15.1 Å². The number of rotatable bonds is 8. The zero-order valence-corrected chi connectivity index (χ0v) is 17.2. The van der Waals surface area contributed by atoms with Gasteiger partial charge in [0.1, 0.15) is 5.60 Å². The normalized spacial score (nSPS) is 16.7. The molecule has 4 atom stereocenters. The van der Waals surface area contributed by atoms with Gasteiger partial charge >= 0.3 is 5.97 Å². The van der Waals surface area contributed by atoms with Gasteiger partial charge in [0.25, 0.3) is 0 Å². The van der Waals surface area contributed by atoms with Crippen LogP contribution in [0.3, 0.4) is 0 Å². The highest BCUT2D eigenvalue weighted by molar-refractivity contribution is 5.85. The molecule has 0 saturated heterocycles. The molecular weight excluding hydrogens is 362 g/mol. The van der Waals surface area contributed by atoms with Gasteiger partial charge in [0.15, 0.2) is 0 Å². The second kappa shape index (κ2) is 9.88. The summed E-state index contributed by atoms with van der Waals surface area (Å²) in [6.45, 7) is 4.30. The Morgan fingerprint density at radius 1 is 1.00 bits per heavy atom. The molecule has 2 N–H and O–H groups in total. The van der Waals surface area contributed by atoms with Crippen molar-refractivity contribution in [2.24, 2.45) is 11.8 Å². The maximum Gasteiger partial charge on any atom is 0.306 e. The summed E-state index contributed by atoms with van der Waals surface area (Å²) in [7, 11) is 3.92. The number of halogens is 1. The number of nitrogens with zero attached hydrogens (tertiary/aromatic N) is 1. The molecule has 27 heavy (non-hydrogen) atoms. The van der Waals surface area contributed by atoms with Crippen LogP contribution in [0.2, 0.25) is 0 Å². The van der Waals surface area contributed by atoms with Crippen molar-refractivity contribution in [3.05, 3.63) is 71.8 Å². The smallest absolute Gasteiger partial charge is 0.306 e. The van der Waals surface area contributed by atoms with E-state index < -0.39 is 23.4 Å². The molecule has 0 aromatic heterocycles. The van der Waals surface area contributed by atoms with Gasteiger partial charge in [-0.2, -0.15) is 0 Å². The second-order valence-electron chi connectivity index (χ2n) is 7.37. The molecule has 148 valence electrons. The zero-order valence-electron chi connectivity index (χ0n) is 16.4. The van der Waals surface area contributed by atoms with E-state index in [-0.39, 0.29) is 18.3 Å². The molecule has 2 aromatic rings. The summed E-state index contributed by atoms with van der Waals surface area (Å²) in [5.41, 5.74) is 0.265. The molecule has 4 nitrogen and oxygen atoms in total. The van der Waals surface area contributed by atoms with Gasteiger partial charge in [-0.3, -0.25) is 4.79 Å². The molecule has 0 radical (unpaired) electrons. The van der Waals surface area contributed by atoms with Crippen molar-refractivity contribution in [1.82, 2.24) is 4.90 Å². The van der Waals surface area contributed by atoms with Crippen LogP contribution in [0, 0.1) is 11.8 Å². The fourth-order valence-corrected chi connectivity index (χ4v) is 3.89. The topological polar surface area (TPSA) is 60.8 Å². The standard InChI is InChI=1S/C22H29NO3.ClH/c1-16(15-23(3)4)22(26,19-13-9-6-10-14-19)20(17(2)21(24)25)18-11-7-5-8-12-18;/h5-14,16-17,20,26H,15H2,1-4H3,(H,24,25);1H. The average Bonchev–Trinajstić information content (AvgIpc) is 2.62. The molecule has 0 heterocycles. The lowest BCUT2D eigenvalue weighted by Crippen LogP contribution is -2.47. The van der Waals surface area contributed by atoms with Crippen LogP contribution in [-0.4, -0.2) is 41.7 Å². The molecule has 5 heteroatoms. The number of aliphatic carboxylic acids is 1. The highest BCUT2D eigenvalue weighted by Crippen LogP contribution is 2.47. The largest absolute Gasteiger partial charge is 0.481 e. The maximum atomic E-state index is 12.0. The van der Waals surface area contributed by atoms with Gasteiger partial charge in [-0.1, -0.05) is 74.5 Å². The molecule has 2 aromatic carbocycles. The summed E-state index contributed by atoms with van der Waals surface area (Å²) in [4.78, 5) is 13.9. The summed E-state index contributed by atoms with van der Waals surface area (Å²) < 4.78 is 0. The van der Waals surface area contributed by atoms with E-state index in [2.05, 4.69) is 0 Å². The Morgan fingerprint density at radius 2 is 1.48 bits per heavy atom. The highest BCUT2D eigenvalue weighted by atomic mass is 35.5. The zero-order chi connectivity index (χ0) is 19.3. The van der Waals surface area contributed by atoms with Crippen LogP contribution in [-0.2, 0) is 10.4 Å². The minimum Gasteiger partial charge on any atom is -0.481 e. The van der Waals surface area contributed by atoms with E-state index in [0.717, 1.165) is 11.1 Å². The van der Waals surface area contributed by atoms with E-state index in [1.807, 2.05) is 86.6 Å². The first-order valence-electron chi connectivity index (χ1n) is 8.98. The summed E-state index contributed by atoms with van der Waals surface area (Å²) in [6, 6.07) is 18.9. The van der Waals surface area contributed by atoms with Gasteiger partial charge in [0.05, 0.1) is 5.92 Å².